The normalized spacial score (nSPS) is 13.9. The molecule has 1 aliphatic heterocycles. The van der Waals surface area contributed by atoms with Crippen LogP contribution in [0, 0.1) is 0 Å². The fraction of sp³-hybridized carbons (Fsp3) is 0.103. The van der Waals surface area contributed by atoms with E-state index in [1.165, 1.54) is 66.7 Å². The highest BCUT2D eigenvalue weighted by molar-refractivity contribution is 7.94. The summed E-state index contributed by atoms with van der Waals surface area (Å²) in [5.74, 6) is -2.26. The van der Waals surface area contributed by atoms with Crippen molar-refractivity contribution in [2.75, 3.05) is 18.5 Å². The standard InChI is InChI=1S/C29H23N7O12S2/c37-9-10-46-23-13-19(35-34-18-6-3-16-11-20(49-48-47-42)14-24(21(16)12-18)50(43,44)45)7-8-22(23)30-26(38)15-1-4-17(5-2-15)33-36-25-27(39)31-29(41)32-28(25)40/h1-8,11-14,25,37,42H,9-10H2,(H,30,38)(H,43,44,45)(H2,31,32,39,40,41). The quantitative estimate of drug-likeness (QED) is 0.0279. The molecule has 5 rings (SSSR count). The minimum atomic E-state index is -4.69. The van der Waals surface area contributed by atoms with Gasteiger partial charge in [0, 0.05) is 21.9 Å². The second-order valence-electron chi connectivity index (χ2n) is 9.91. The lowest BCUT2D eigenvalue weighted by Gasteiger charge is -2.16. The van der Waals surface area contributed by atoms with Gasteiger partial charge in [0.1, 0.15) is 17.3 Å². The lowest BCUT2D eigenvalue weighted by Crippen LogP contribution is -2.57. The number of rotatable bonds is 13. The molecule has 21 heteroatoms. The van der Waals surface area contributed by atoms with Crippen molar-refractivity contribution in [2.45, 2.75) is 15.8 Å². The predicted octanol–water partition coefficient (Wildman–Crippen LogP) is 4.37. The van der Waals surface area contributed by atoms with Crippen molar-refractivity contribution in [3.63, 3.8) is 0 Å². The zero-order chi connectivity index (χ0) is 35.8. The Labute approximate surface area is 285 Å². The SMILES string of the molecule is O=C1NC(=O)C(N=Nc2ccc(C(=O)Nc3ccc(N=Nc4ccc5cc(SOOO)cc(S(=O)(=O)O)c5c4)cc3OCCO)cc2)C(=O)N1. The molecule has 258 valence electrons. The Hall–Kier alpha value is -5.68. The molecule has 0 spiro atoms. The molecule has 0 saturated carbocycles. The van der Waals surface area contributed by atoms with E-state index < -0.39 is 44.8 Å². The number of amides is 5. The summed E-state index contributed by atoms with van der Waals surface area (Å²) in [5, 5.41) is 44.0. The smallest absolute Gasteiger partial charge is 0.328 e. The van der Waals surface area contributed by atoms with Gasteiger partial charge in [-0.2, -0.15) is 28.9 Å². The number of benzene rings is 4. The summed E-state index contributed by atoms with van der Waals surface area (Å²) in [7, 11) is -4.69. The molecule has 19 nitrogen and oxygen atoms in total. The predicted molar refractivity (Wildman–Crippen MR) is 172 cm³/mol. The lowest BCUT2D eigenvalue weighted by molar-refractivity contribution is -0.432. The number of carbonyl (C=O) groups excluding carboxylic acids is 4. The molecule has 0 atom stereocenters. The average molecular weight is 726 g/mol. The summed E-state index contributed by atoms with van der Waals surface area (Å²) in [4.78, 5) is 47.6. The van der Waals surface area contributed by atoms with E-state index in [-0.39, 0.29) is 57.6 Å². The van der Waals surface area contributed by atoms with Crippen molar-refractivity contribution in [3.8, 4) is 5.75 Å². The van der Waals surface area contributed by atoms with Crippen molar-refractivity contribution >= 4 is 79.4 Å². The van der Waals surface area contributed by atoms with Crippen molar-refractivity contribution in [2.24, 2.45) is 20.5 Å². The molecule has 5 amide bonds. The number of aliphatic hydroxyl groups is 1. The number of imide groups is 2. The van der Waals surface area contributed by atoms with Gasteiger partial charge in [0.05, 0.1) is 41.4 Å². The monoisotopic (exact) mass is 725 g/mol. The van der Waals surface area contributed by atoms with Gasteiger partial charge in [-0.05, 0) is 66.0 Å². The van der Waals surface area contributed by atoms with Gasteiger partial charge in [-0.3, -0.25) is 29.6 Å². The summed E-state index contributed by atoms with van der Waals surface area (Å²) in [6.45, 7) is -0.449. The number of urea groups is 1. The van der Waals surface area contributed by atoms with E-state index in [4.69, 9.17) is 9.99 Å². The maximum Gasteiger partial charge on any atom is 0.328 e. The Morgan fingerprint density at radius 2 is 1.54 bits per heavy atom. The number of nitrogens with one attached hydrogen (secondary N) is 3. The molecule has 50 heavy (non-hydrogen) atoms. The Bertz CT molecular complexity index is 2120. The lowest BCUT2D eigenvalue weighted by atomic mass is 10.1. The fourth-order valence-electron chi connectivity index (χ4n) is 4.34. The topological polar surface area (TPSA) is 276 Å². The largest absolute Gasteiger partial charge is 0.489 e. The number of nitrogens with zero attached hydrogens (tertiary/aromatic N) is 4. The van der Waals surface area contributed by atoms with E-state index in [9.17, 15) is 37.3 Å². The van der Waals surface area contributed by atoms with E-state index in [1.54, 1.807) is 0 Å². The van der Waals surface area contributed by atoms with Gasteiger partial charge >= 0.3 is 6.03 Å². The number of anilines is 1. The first-order valence-corrected chi connectivity index (χ1v) is 16.1. The molecule has 0 bridgehead atoms. The number of azo groups is 2. The first kappa shape index (κ1) is 35.6. The van der Waals surface area contributed by atoms with Crippen LogP contribution in [-0.2, 0) is 29.1 Å². The van der Waals surface area contributed by atoms with Crippen LogP contribution in [0.4, 0.5) is 27.5 Å². The van der Waals surface area contributed by atoms with E-state index in [2.05, 4.69) is 35.1 Å². The third-order valence-electron chi connectivity index (χ3n) is 6.54. The van der Waals surface area contributed by atoms with Gasteiger partial charge in [0.2, 0.25) is 6.04 Å². The molecular weight excluding hydrogens is 702 g/mol. The van der Waals surface area contributed by atoms with Crippen molar-refractivity contribution in [1.82, 2.24) is 10.6 Å². The number of ether oxygens (including phenoxy) is 1. The second kappa shape index (κ2) is 15.7. The zero-order valence-electron chi connectivity index (χ0n) is 25.0. The van der Waals surface area contributed by atoms with Gasteiger partial charge in [0.25, 0.3) is 27.8 Å². The number of hydrogen-bond donors (Lipinski definition) is 6. The van der Waals surface area contributed by atoms with Gasteiger partial charge in [-0.1, -0.05) is 11.1 Å². The van der Waals surface area contributed by atoms with Crippen LogP contribution in [0.15, 0.2) is 103 Å². The van der Waals surface area contributed by atoms with Crippen LogP contribution in [0.3, 0.4) is 0 Å². The maximum atomic E-state index is 13.0. The third kappa shape index (κ3) is 8.86. The summed E-state index contributed by atoms with van der Waals surface area (Å²) in [6.07, 6.45) is 0. The highest BCUT2D eigenvalue weighted by Gasteiger charge is 2.34. The molecule has 0 unspecified atom stereocenters. The molecule has 0 radical (unpaired) electrons. The summed E-state index contributed by atoms with van der Waals surface area (Å²) < 4.78 is 43.9. The Balaban J connectivity index is 1.32. The number of barbiturate groups is 1. The van der Waals surface area contributed by atoms with Crippen LogP contribution in [0.2, 0.25) is 0 Å². The second-order valence-corrected chi connectivity index (χ2v) is 12.1. The van der Waals surface area contributed by atoms with Crippen LogP contribution in [-0.4, -0.2) is 66.3 Å². The molecule has 0 aliphatic carbocycles. The Kier molecular flexibility index (Phi) is 11.2. The molecule has 1 heterocycles. The first-order chi connectivity index (χ1) is 23.9. The molecule has 6 N–H and O–H groups in total. The van der Waals surface area contributed by atoms with Crippen LogP contribution >= 0.6 is 12.0 Å². The van der Waals surface area contributed by atoms with Crippen LogP contribution < -0.4 is 20.7 Å². The van der Waals surface area contributed by atoms with Gasteiger partial charge in [-0.25, -0.2) is 10.1 Å². The summed E-state index contributed by atoms with van der Waals surface area (Å²) in [5.41, 5.74) is 1.12. The van der Waals surface area contributed by atoms with Crippen LogP contribution in [0.5, 0.6) is 5.75 Å². The number of aliphatic hydroxyl groups excluding tert-OH is 1. The number of carbonyl (C=O) groups is 4. The Morgan fingerprint density at radius 1 is 0.880 bits per heavy atom. The van der Waals surface area contributed by atoms with E-state index >= 15 is 0 Å². The van der Waals surface area contributed by atoms with E-state index in [0.717, 1.165) is 6.07 Å². The third-order valence-corrected chi connectivity index (χ3v) is 7.99. The molecule has 4 aromatic carbocycles. The highest BCUT2D eigenvalue weighted by atomic mass is 32.2. The fourth-order valence-corrected chi connectivity index (χ4v) is 5.60. The van der Waals surface area contributed by atoms with Crippen molar-refractivity contribution in [3.05, 3.63) is 78.4 Å². The minimum absolute atomic E-state index is 0.118. The van der Waals surface area contributed by atoms with Crippen LogP contribution in [0.25, 0.3) is 10.8 Å². The highest BCUT2D eigenvalue weighted by Crippen LogP contribution is 2.35. The Morgan fingerprint density at radius 3 is 2.20 bits per heavy atom. The first-order valence-electron chi connectivity index (χ1n) is 13.9. The number of fused-ring (bicyclic) bond motifs is 1. The minimum Gasteiger partial charge on any atom is -0.489 e. The van der Waals surface area contributed by atoms with Crippen molar-refractivity contribution < 1.29 is 56.6 Å². The summed E-state index contributed by atoms with van der Waals surface area (Å²) >= 11 is 0.513. The molecule has 1 fully saturated rings. The average Bonchev–Trinajstić information content (AvgIpc) is 3.08. The van der Waals surface area contributed by atoms with Crippen LogP contribution in [0.1, 0.15) is 10.4 Å². The molecule has 1 aliphatic rings. The van der Waals surface area contributed by atoms with E-state index in [1.807, 2.05) is 10.6 Å². The van der Waals surface area contributed by atoms with Gasteiger partial charge in [-0.15, -0.1) is 4.33 Å². The molecule has 1 saturated heterocycles. The van der Waals surface area contributed by atoms with E-state index in [0.29, 0.717) is 17.4 Å². The molecule has 0 aromatic heterocycles. The molecule has 4 aromatic rings. The summed E-state index contributed by atoms with van der Waals surface area (Å²) in [6, 6.07) is 14.7. The zero-order valence-corrected chi connectivity index (χ0v) is 26.7. The van der Waals surface area contributed by atoms with Crippen molar-refractivity contribution in [1.29, 1.82) is 0 Å². The maximum absolute atomic E-state index is 13.0. The van der Waals surface area contributed by atoms with Gasteiger partial charge < -0.3 is 15.2 Å². The number of hydrogen-bond acceptors (Lipinski definition) is 16. The molecular formula is C29H23N7O12S2. The van der Waals surface area contributed by atoms with Gasteiger partial charge in [0.15, 0.2) is 0 Å².